The fourth-order valence-corrected chi connectivity index (χ4v) is 1.81. The predicted octanol–water partition coefficient (Wildman–Crippen LogP) is 3.22. The van der Waals surface area contributed by atoms with Gasteiger partial charge in [0.05, 0.1) is 0 Å². The second-order valence-electron chi connectivity index (χ2n) is 4.93. The zero-order valence-corrected chi connectivity index (χ0v) is 9.06. The molecule has 0 bridgehead atoms. The van der Waals surface area contributed by atoms with Gasteiger partial charge in [0.25, 0.3) is 0 Å². The predicted molar refractivity (Wildman–Crippen MR) is 54.2 cm³/mol. The molecule has 1 unspecified atom stereocenters. The van der Waals surface area contributed by atoms with E-state index in [4.69, 9.17) is 5.11 Å². The average molecular weight is 172 g/mol. The molecular weight excluding hydrogens is 148 g/mol. The lowest BCUT2D eigenvalue weighted by atomic mass is 9.81. The SMILES string of the molecule is CCCC(CCO)CC(C)(C)C. The Morgan fingerprint density at radius 3 is 2.08 bits per heavy atom. The summed E-state index contributed by atoms with van der Waals surface area (Å²) in [5, 5.41) is 8.86. The van der Waals surface area contributed by atoms with Gasteiger partial charge in [0, 0.05) is 6.61 Å². The second-order valence-corrected chi connectivity index (χ2v) is 4.93. The van der Waals surface area contributed by atoms with E-state index in [0.29, 0.717) is 12.0 Å². The average Bonchev–Trinajstić information content (AvgIpc) is 1.84. The van der Waals surface area contributed by atoms with Crippen molar-refractivity contribution in [2.75, 3.05) is 6.61 Å². The fourth-order valence-electron chi connectivity index (χ4n) is 1.81. The first-order valence-corrected chi connectivity index (χ1v) is 5.10. The summed E-state index contributed by atoms with van der Waals surface area (Å²) in [6.45, 7) is 9.38. The molecule has 0 heterocycles. The molecule has 0 spiro atoms. The van der Waals surface area contributed by atoms with Crippen molar-refractivity contribution in [3.63, 3.8) is 0 Å². The maximum atomic E-state index is 8.86. The quantitative estimate of drug-likeness (QED) is 0.675. The van der Waals surface area contributed by atoms with Crippen LogP contribution in [0.3, 0.4) is 0 Å². The smallest absolute Gasteiger partial charge is 0.0433 e. The van der Waals surface area contributed by atoms with Crippen LogP contribution in [-0.2, 0) is 0 Å². The van der Waals surface area contributed by atoms with Gasteiger partial charge < -0.3 is 5.11 Å². The fraction of sp³-hybridized carbons (Fsp3) is 1.00. The minimum absolute atomic E-state index is 0.348. The Labute approximate surface area is 77.2 Å². The zero-order valence-electron chi connectivity index (χ0n) is 9.06. The van der Waals surface area contributed by atoms with Crippen molar-refractivity contribution in [3.8, 4) is 0 Å². The molecule has 0 aromatic heterocycles. The molecule has 0 fully saturated rings. The minimum Gasteiger partial charge on any atom is -0.396 e. The first-order chi connectivity index (χ1) is 5.49. The lowest BCUT2D eigenvalue weighted by Crippen LogP contribution is -2.14. The molecule has 0 aliphatic rings. The highest BCUT2D eigenvalue weighted by molar-refractivity contribution is 4.68. The molecule has 74 valence electrons. The first-order valence-electron chi connectivity index (χ1n) is 5.10. The van der Waals surface area contributed by atoms with Gasteiger partial charge in [-0.2, -0.15) is 0 Å². The van der Waals surface area contributed by atoms with Gasteiger partial charge in [-0.3, -0.25) is 0 Å². The standard InChI is InChI=1S/C11H24O/c1-5-6-10(7-8-12)9-11(2,3)4/h10,12H,5-9H2,1-4H3. The number of hydrogen-bond donors (Lipinski definition) is 1. The maximum Gasteiger partial charge on any atom is 0.0433 e. The van der Waals surface area contributed by atoms with E-state index in [1.807, 2.05) is 0 Å². The van der Waals surface area contributed by atoms with Crippen LogP contribution in [0.5, 0.6) is 0 Å². The molecule has 0 rings (SSSR count). The molecule has 0 aliphatic heterocycles. The summed E-state index contributed by atoms with van der Waals surface area (Å²) in [6.07, 6.45) is 4.71. The van der Waals surface area contributed by atoms with Crippen LogP contribution in [0.15, 0.2) is 0 Å². The monoisotopic (exact) mass is 172 g/mol. The largest absolute Gasteiger partial charge is 0.396 e. The van der Waals surface area contributed by atoms with E-state index >= 15 is 0 Å². The van der Waals surface area contributed by atoms with Crippen LogP contribution in [0.4, 0.5) is 0 Å². The first kappa shape index (κ1) is 12.0. The van der Waals surface area contributed by atoms with Crippen LogP contribution in [-0.4, -0.2) is 11.7 Å². The van der Waals surface area contributed by atoms with E-state index in [2.05, 4.69) is 27.7 Å². The Morgan fingerprint density at radius 1 is 1.17 bits per heavy atom. The minimum atomic E-state index is 0.348. The third kappa shape index (κ3) is 6.66. The molecule has 1 atom stereocenters. The van der Waals surface area contributed by atoms with Crippen molar-refractivity contribution in [3.05, 3.63) is 0 Å². The Balaban J connectivity index is 3.77. The number of hydrogen-bond acceptors (Lipinski definition) is 1. The van der Waals surface area contributed by atoms with Crippen molar-refractivity contribution < 1.29 is 5.11 Å². The molecule has 0 radical (unpaired) electrons. The number of rotatable bonds is 5. The normalized spacial score (nSPS) is 14.8. The van der Waals surface area contributed by atoms with E-state index in [0.717, 1.165) is 12.3 Å². The van der Waals surface area contributed by atoms with Gasteiger partial charge in [0.2, 0.25) is 0 Å². The highest BCUT2D eigenvalue weighted by Gasteiger charge is 2.17. The van der Waals surface area contributed by atoms with E-state index in [-0.39, 0.29) is 0 Å². The van der Waals surface area contributed by atoms with Crippen LogP contribution in [0.2, 0.25) is 0 Å². The third-order valence-corrected chi connectivity index (χ3v) is 2.14. The summed E-state index contributed by atoms with van der Waals surface area (Å²) in [4.78, 5) is 0. The van der Waals surface area contributed by atoms with E-state index < -0.39 is 0 Å². The van der Waals surface area contributed by atoms with Gasteiger partial charge in [0.15, 0.2) is 0 Å². The van der Waals surface area contributed by atoms with E-state index in [9.17, 15) is 0 Å². The van der Waals surface area contributed by atoms with Crippen LogP contribution in [0.25, 0.3) is 0 Å². The molecule has 0 saturated heterocycles. The molecule has 12 heavy (non-hydrogen) atoms. The Kier molecular flexibility index (Phi) is 5.56. The summed E-state index contributed by atoms with van der Waals surface area (Å²) in [6, 6.07) is 0. The molecular formula is C11H24O. The molecule has 1 heteroatoms. The molecule has 0 amide bonds. The lowest BCUT2D eigenvalue weighted by Gasteiger charge is -2.25. The summed E-state index contributed by atoms with van der Waals surface area (Å²) in [5.41, 5.74) is 0.412. The van der Waals surface area contributed by atoms with Gasteiger partial charge in [-0.1, -0.05) is 40.5 Å². The molecule has 1 N–H and O–H groups in total. The molecule has 0 aromatic rings. The Hall–Kier alpha value is -0.0400. The molecule has 0 aromatic carbocycles. The lowest BCUT2D eigenvalue weighted by molar-refractivity contribution is 0.209. The summed E-state index contributed by atoms with van der Waals surface area (Å²) < 4.78 is 0. The van der Waals surface area contributed by atoms with Gasteiger partial charge in [-0.15, -0.1) is 0 Å². The maximum absolute atomic E-state index is 8.86. The summed E-state index contributed by atoms with van der Waals surface area (Å²) >= 11 is 0. The van der Waals surface area contributed by atoms with E-state index in [1.54, 1.807) is 0 Å². The van der Waals surface area contributed by atoms with Gasteiger partial charge >= 0.3 is 0 Å². The van der Waals surface area contributed by atoms with Crippen LogP contribution < -0.4 is 0 Å². The number of aliphatic hydroxyl groups is 1. The second kappa shape index (κ2) is 5.58. The zero-order chi connectivity index (χ0) is 9.61. The van der Waals surface area contributed by atoms with Gasteiger partial charge in [-0.05, 0) is 24.2 Å². The van der Waals surface area contributed by atoms with Crippen molar-refractivity contribution in [2.45, 2.75) is 53.4 Å². The summed E-state index contributed by atoms with van der Waals surface area (Å²) in [5.74, 6) is 0.722. The van der Waals surface area contributed by atoms with Crippen molar-refractivity contribution >= 4 is 0 Å². The van der Waals surface area contributed by atoms with E-state index in [1.165, 1.54) is 19.3 Å². The van der Waals surface area contributed by atoms with Crippen molar-refractivity contribution in [1.82, 2.24) is 0 Å². The summed E-state index contributed by atoms with van der Waals surface area (Å²) in [7, 11) is 0. The van der Waals surface area contributed by atoms with Crippen molar-refractivity contribution in [1.29, 1.82) is 0 Å². The third-order valence-electron chi connectivity index (χ3n) is 2.14. The van der Waals surface area contributed by atoms with Crippen LogP contribution in [0, 0.1) is 11.3 Å². The highest BCUT2D eigenvalue weighted by atomic mass is 16.3. The van der Waals surface area contributed by atoms with Crippen LogP contribution >= 0.6 is 0 Å². The Bertz CT molecular complexity index is 96.1. The molecule has 0 aliphatic carbocycles. The van der Waals surface area contributed by atoms with Crippen LogP contribution in [0.1, 0.15) is 53.4 Å². The van der Waals surface area contributed by atoms with Crippen molar-refractivity contribution in [2.24, 2.45) is 11.3 Å². The molecule has 1 nitrogen and oxygen atoms in total. The molecule has 0 saturated carbocycles. The topological polar surface area (TPSA) is 20.2 Å². The highest BCUT2D eigenvalue weighted by Crippen LogP contribution is 2.28. The number of aliphatic hydroxyl groups excluding tert-OH is 1. The van der Waals surface area contributed by atoms with Gasteiger partial charge in [-0.25, -0.2) is 0 Å². The Morgan fingerprint density at radius 2 is 1.75 bits per heavy atom. The van der Waals surface area contributed by atoms with Gasteiger partial charge in [0.1, 0.15) is 0 Å².